The Labute approximate surface area is 123 Å². The topological polar surface area (TPSA) is 88.9 Å². The number of hydrogen-bond donors (Lipinski definition) is 2. The third-order valence-electron chi connectivity index (χ3n) is 3.56. The number of benzene rings is 1. The Morgan fingerprint density at radius 3 is 2.95 bits per heavy atom. The van der Waals surface area contributed by atoms with Crippen molar-refractivity contribution in [3.63, 3.8) is 0 Å². The van der Waals surface area contributed by atoms with Gasteiger partial charge in [0.25, 0.3) is 0 Å². The van der Waals surface area contributed by atoms with E-state index in [9.17, 15) is 8.42 Å². The number of aryl methyl sites for hydroxylation is 1. The zero-order chi connectivity index (χ0) is 15.0. The van der Waals surface area contributed by atoms with Gasteiger partial charge >= 0.3 is 0 Å². The molecule has 2 N–H and O–H groups in total. The summed E-state index contributed by atoms with van der Waals surface area (Å²) >= 11 is 0. The number of hydrogen-bond acceptors (Lipinski definition) is 5. The number of rotatable bonds is 4. The average Bonchev–Trinajstić information content (AvgIpc) is 3.05. The summed E-state index contributed by atoms with van der Waals surface area (Å²) in [5, 5.41) is 10.9. The first kappa shape index (κ1) is 14.0. The minimum Gasteiger partial charge on any atom is -0.384 e. The van der Waals surface area contributed by atoms with Crippen LogP contribution in [-0.4, -0.2) is 29.7 Å². The Kier molecular flexibility index (Phi) is 3.42. The third-order valence-corrected chi connectivity index (χ3v) is 5.10. The SMILES string of the molecule is CC(NS(=O)(=O)c1ccc2c(c1)CCN2)c1nncn1C. The van der Waals surface area contributed by atoms with Crippen molar-refractivity contribution in [3.8, 4) is 0 Å². The molecule has 21 heavy (non-hydrogen) atoms. The molecule has 0 saturated heterocycles. The van der Waals surface area contributed by atoms with Crippen molar-refractivity contribution in [2.75, 3.05) is 11.9 Å². The molecular weight excluding hydrogens is 290 g/mol. The van der Waals surface area contributed by atoms with Crippen molar-refractivity contribution < 1.29 is 8.42 Å². The molecule has 7 nitrogen and oxygen atoms in total. The highest BCUT2D eigenvalue weighted by Gasteiger charge is 2.22. The molecule has 1 atom stereocenters. The van der Waals surface area contributed by atoms with Gasteiger partial charge in [-0.2, -0.15) is 0 Å². The summed E-state index contributed by atoms with van der Waals surface area (Å²) in [6.45, 7) is 2.60. The van der Waals surface area contributed by atoms with E-state index in [1.165, 1.54) is 0 Å². The second kappa shape index (κ2) is 5.12. The van der Waals surface area contributed by atoms with Gasteiger partial charge < -0.3 is 9.88 Å². The highest BCUT2D eigenvalue weighted by Crippen LogP contribution is 2.25. The fourth-order valence-corrected chi connectivity index (χ4v) is 3.74. The molecular formula is C13H17N5O2S. The van der Waals surface area contributed by atoms with Gasteiger partial charge in [-0.05, 0) is 37.1 Å². The summed E-state index contributed by atoms with van der Waals surface area (Å²) in [6, 6.07) is 4.70. The van der Waals surface area contributed by atoms with Gasteiger partial charge in [0, 0.05) is 19.3 Å². The zero-order valence-electron chi connectivity index (χ0n) is 11.9. The summed E-state index contributed by atoms with van der Waals surface area (Å²) in [7, 11) is -1.80. The van der Waals surface area contributed by atoms with Crippen LogP contribution in [-0.2, 0) is 23.5 Å². The summed E-state index contributed by atoms with van der Waals surface area (Å²) in [5.74, 6) is 0.571. The zero-order valence-corrected chi connectivity index (χ0v) is 12.7. The third kappa shape index (κ3) is 2.64. The number of aromatic nitrogens is 3. The van der Waals surface area contributed by atoms with Gasteiger partial charge in [0.05, 0.1) is 10.9 Å². The Balaban J connectivity index is 1.86. The maximum absolute atomic E-state index is 12.5. The van der Waals surface area contributed by atoms with Crippen LogP contribution in [0.25, 0.3) is 0 Å². The Morgan fingerprint density at radius 2 is 2.24 bits per heavy atom. The quantitative estimate of drug-likeness (QED) is 0.873. The van der Waals surface area contributed by atoms with E-state index in [0.717, 1.165) is 24.2 Å². The van der Waals surface area contributed by atoms with E-state index in [-0.39, 0.29) is 4.90 Å². The largest absolute Gasteiger partial charge is 0.384 e. The number of fused-ring (bicyclic) bond motifs is 1. The first-order chi connectivity index (χ1) is 9.97. The van der Waals surface area contributed by atoms with Crippen LogP contribution in [0.5, 0.6) is 0 Å². The van der Waals surface area contributed by atoms with Crippen molar-refractivity contribution in [1.82, 2.24) is 19.5 Å². The van der Waals surface area contributed by atoms with Crippen LogP contribution in [0.1, 0.15) is 24.4 Å². The second-order valence-corrected chi connectivity index (χ2v) is 6.85. The monoisotopic (exact) mass is 307 g/mol. The molecule has 112 valence electrons. The molecule has 0 spiro atoms. The van der Waals surface area contributed by atoms with Crippen LogP contribution in [0.15, 0.2) is 29.4 Å². The first-order valence-electron chi connectivity index (χ1n) is 6.70. The second-order valence-electron chi connectivity index (χ2n) is 5.14. The van der Waals surface area contributed by atoms with Crippen molar-refractivity contribution in [2.45, 2.75) is 24.3 Å². The van der Waals surface area contributed by atoms with Crippen LogP contribution in [0.4, 0.5) is 5.69 Å². The predicted molar refractivity (Wildman–Crippen MR) is 78.4 cm³/mol. The summed E-state index contributed by atoms with van der Waals surface area (Å²) in [5.41, 5.74) is 2.04. The fraction of sp³-hybridized carbons (Fsp3) is 0.385. The standard InChI is InChI=1S/C13H17N5O2S/c1-9(13-16-15-8-18(13)2)17-21(19,20)11-3-4-12-10(7-11)5-6-14-12/h3-4,7-9,14,17H,5-6H2,1-2H3. The molecule has 1 aliphatic heterocycles. The molecule has 1 aromatic carbocycles. The molecule has 2 heterocycles. The lowest BCUT2D eigenvalue weighted by molar-refractivity contribution is 0.553. The average molecular weight is 307 g/mol. The lowest BCUT2D eigenvalue weighted by atomic mass is 10.2. The van der Waals surface area contributed by atoms with E-state index in [4.69, 9.17) is 0 Å². The molecule has 0 amide bonds. The molecule has 2 aromatic rings. The van der Waals surface area contributed by atoms with Crippen LogP contribution >= 0.6 is 0 Å². The van der Waals surface area contributed by atoms with Crippen molar-refractivity contribution in [2.24, 2.45) is 7.05 Å². The fourth-order valence-electron chi connectivity index (χ4n) is 2.49. The van der Waals surface area contributed by atoms with E-state index in [1.807, 2.05) is 6.07 Å². The van der Waals surface area contributed by atoms with Crippen molar-refractivity contribution in [1.29, 1.82) is 0 Å². The molecule has 1 unspecified atom stereocenters. The summed E-state index contributed by atoms with van der Waals surface area (Å²) < 4.78 is 29.2. The van der Waals surface area contributed by atoms with Crippen molar-refractivity contribution >= 4 is 15.7 Å². The van der Waals surface area contributed by atoms with Gasteiger partial charge in [0.2, 0.25) is 10.0 Å². The van der Waals surface area contributed by atoms with E-state index in [2.05, 4.69) is 20.2 Å². The molecule has 0 aliphatic carbocycles. The van der Waals surface area contributed by atoms with E-state index < -0.39 is 16.1 Å². The number of sulfonamides is 1. The lowest BCUT2D eigenvalue weighted by Crippen LogP contribution is -2.28. The normalized spacial score (nSPS) is 15.5. The summed E-state index contributed by atoms with van der Waals surface area (Å²) in [4.78, 5) is 0.277. The Hall–Kier alpha value is -1.93. The van der Waals surface area contributed by atoms with Gasteiger partial charge in [0.1, 0.15) is 12.2 Å². The van der Waals surface area contributed by atoms with Gasteiger partial charge in [-0.15, -0.1) is 10.2 Å². The molecule has 8 heteroatoms. The van der Waals surface area contributed by atoms with Gasteiger partial charge in [0.15, 0.2) is 0 Å². The molecule has 3 rings (SSSR count). The highest BCUT2D eigenvalue weighted by molar-refractivity contribution is 7.89. The first-order valence-corrected chi connectivity index (χ1v) is 8.19. The van der Waals surface area contributed by atoms with E-state index in [0.29, 0.717) is 5.82 Å². The molecule has 1 aromatic heterocycles. The minimum absolute atomic E-state index is 0.277. The lowest BCUT2D eigenvalue weighted by Gasteiger charge is -2.14. The highest BCUT2D eigenvalue weighted by atomic mass is 32.2. The number of anilines is 1. The molecule has 0 saturated carbocycles. The van der Waals surface area contributed by atoms with Crippen molar-refractivity contribution in [3.05, 3.63) is 35.9 Å². The molecule has 0 bridgehead atoms. The van der Waals surface area contributed by atoms with Crippen LogP contribution in [0.2, 0.25) is 0 Å². The van der Waals surface area contributed by atoms with Crippen LogP contribution in [0.3, 0.4) is 0 Å². The van der Waals surface area contributed by atoms with Crippen LogP contribution in [0, 0.1) is 0 Å². The molecule has 1 aliphatic rings. The molecule has 0 fully saturated rings. The maximum Gasteiger partial charge on any atom is 0.241 e. The minimum atomic E-state index is -3.58. The maximum atomic E-state index is 12.5. The predicted octanol–water partition coefficient (Wildman–Crippen LogP) is 0.823. The number of nitrogens with zero attached hydrogens (tertiary/aromatic N) is 3. The van der Waals surface area contributed by atoms with Crippen LogP contribution < -0.4 is 10.0 Å². The summed E-state index contributed by atoms with van der Waals surface area (Å²) in [6.07, 6.45) is 2.39. The van der Waals surface area contributed by atoms with E-state index >= 15 is 0 Å². The Morgan fingerprint density at radius 1 is 1.43 bits per heavy atom. The van der Waals surface area contributed by atoms with Gasteiger partial charge in [-0.3, -0.25) is 0 Å². The number of nitrogens with one attached hydrogen (secondary N) is 2. The molecule has 0 radical (unpaired) electrons. The van der Waals surface area contributed by atoms with Gasteiger partial charge in [-0.25, -0.2) is 13.1 Å². The Bertz CT molecular complexity index is 769. The smallest absolute Gasteiger partial charge is 0.241 e. The van der Waals surface area contributed by atoms with Gasteiger partial charge in [-0.1, -0.05) is 0 Å². The van der Waals surface area contributed by atoms with E-state index in [1.54, 1.807) is 37.0 Å².